The molecule has 2 N–H and O–H groups in total. The molecule has 2 aliphatic heterocycles. The lowest BCUT2D eigenvalue weighted by Crippen LogP contribution is -2.59. The molecule has 1 aliphatic carbocycles. The highest BCUT2D eigenvalue weighted by Gasteiger charge is 2.54. The first kappa shape index (κ1) is 15.0. The Kier molecular flexibility index (Phi) is 3.43. The molecule has 0 bridgehead atoms. The molecular weight excluding hydrogens is 292 g/mol. The first-order valence-electron chi connectivity index (χ1n) is 8.57. The van der Waals surface area contributed by atoms with E-state index in [1.807, 2.05) is 13.2 Å². The van der Waals surface area contributed by atoms with Gasteiger partial charge in [-0.05, 0) is 25.8 Å². The Morgan fingerprint density at radius 1 is 1.39 bits per heavy atom. The van der Waals surface area contributed by atoms with E-state index in [1.54, 1.807) is 10.9 Å². The van der Waals surface area contributed by atoms with Crippen LogP contribution in [0.3, 0.4) is 0 Å². The van der Waals surface area contributed by atoms with Crippen LogP contribution in [0.1, 0.15) is 54.6 Å². The molecule has 0 amide bonds. The van der Waals surface area contributed by atoms with E-state index < -0.39 is 11.6 Å². The number of nitrogens with one attached hydrogen (secondary N) is 1. The predicted octanol–water partition coefficient (Wildman–Crippen LogP) is 1.08. The number of Topliss-reactive ketones (excluding diaryl/α,β-unsaturated/α-hetero) is 1. The summed E-state index contributed by atoms with van der Waals surface area (Å²) >= 11 is 0. The lowest BCUT2D eigenvalue weighted by Gasteiger charge is -2.50. The lowest BCUT2D eigenvalue weighted by molar-refractivity contribution is -0.110. The molecule has 1 saturated carbocycles. The summed E-state index contributed by atoms with van der Waals surface area (Å²) in [6.07, 6.45) is 9.06. The summed E-state index contributed by atoms with van der Waals surface area (Å²) in [5.41, 5.74) is 0.372. The van der Waals surface area contributed by atoms with Gasteiger partial charge in [-0.25, -0.2) is 0 Å². The van der Waals surface area contributed by atoms with Crippen molar-refractivity contribution in [2.75, 3.05) is 13.1 Å². The van der Waals surface area contributed by atoms with Crippen LogP contribution in [0.25, 0.3) is 0 Å². The van der Waals surface area contributed by atoms with Gasteiger partial charge in [-0.3, -0.25) is 14.5 Å². The average molecular weight is 316 g/mol. The number of carbonyl (C=O) groups is 1. The first-order chi connectivity index (χ1) is 11.0. The number of fused-ring (bicyclic) bond motifs is 1. The fourth-order valence-corrected chi connectivity index (χ4v) is 4.72. The fourth-order valence-electron chi connectivity index (χ4n) is 4.72. The highest BCUT2D eigenvalue weighted by atomic mass is 16.3. The van der Waals surface area contributed by atoms with Gasteiger partial charge in [0.2, 0.25) is 5.78 Å². The Labute approximate surface area is 136 Å². The van der Waals surface area contributed by atoms with Crippen molar-refractivity contribution < 1.29 is 9.90 Å². The molecule has 4 rings (SSSR count). The number of aryl methyl sites for hydroxylation is 1. The third kappa shape index (κ3) is 2.27. The van der Waals surface area contributed by atoms with Crippen molar-refractivity contribution in [3.63, 3.8) is 0 Å². The second-order valence-corrected chi connectivity index (χ2v) is 7.41. The molecule has 1 saturated heterocycles. The number of nitrogens with zero attached hydrogens (tertiary/aromatic N) is 3. The van der Waals surface area contributed by atoms with Gasteiger partial charge in [0.25, 0.3) is 0 Å². The Hall–Kier alpha value is -1.53. The van der Waals surface area contributed by atoms with Gasteiger partial charge >= 0.3 is 0 Å². The maximum atomic E-state index is 12.7. The molecule has 1 aromatic rings. The van der Waals surface area contributed by atoms with Crippen molar-refractivity contribution >= 4 is 12.0 Å². The van der Waals surface area contributed by atoms with E-state index in [1.165, 1.54) is 0 Å². The molecule has 0 radical (unpaired) electrons. The van der Waals surface area contributed by atoms with E-state index in [9.17, 15) is 9.90 Å². The van der Waals surface area contributed by atoms with Gasteiger partial charge in [-0.15, -0.1) is 0 Å². The van der Waals surface area contributed by atoms with Crippen molar-refractivity contribution in [2.24, 2.45) is 17.5 Å². The maximum Gasteiger partial charge on any atom is 0.208 e. The molecule has 3 heterocycles. The van der Waals surface area contributed by atoms with Gasteiger partial charge < -0.3 is 10.4 Å². The van der Waals surface area contributed by atoms with Gasteiger partial charge in [0.05, 0.1) is 5.60 Å². The van der Waals surface area contributed by atoms with Crippen LogP contribution >= 0.6 is 0 Å². The standard InChI is InChI=1S/C17H24N4O2/c1-21-10-12-9-19-13(15(22)14(12)20-21)8-17(23)6-7-18-11-16(17)4-2-3-5-16/h9-10,13,18,23H,2-8,11H2,1H3. The van der Waals surface area contributed by atoms with Crippen LogP contribution in [0.15, 0.2) is 11.2 Å². The van der Waals surface area contributed by atoms with E-state index in [0.717, 1.165) is 44.3 Å². The molecule has 23 heavy (non-hydrogen) atoms. The minimum absolute atomic E-state index is 0.0526. The SMILES string of the molecule is Cn1cc2c(n1)C(=O)C(CC1(O)CCNCC13CCCC3)N=C2. The van der Waals surface area contributed by atoms with Gasteiger partial charge in [-0.1, -0.05) is 12.8 Å². The van der Waals surface area contributed by atoms with E-state index in [0.29, 0.717) is 18.5 Å². The molecule has 2 fully saturated rings. The Morgan fingerprint density at radius 3 is 2.96 bits per heavy atom. The second-order valence-electron chi connectivity index (χ2n) is 7.41. The Balaban J connectivity index is 1.61. The Bertz CT molecular complexity index is 660. The number of aliphatic hydroxyl groups is 1. The summed E-state index contributed by atoms with van der Waals surface area (Å²) in [5, 5.41) is 19.2. The molecule has 1 spiro atoms. The summed E-state index contributed by atoms with van der Waals surface area (Å²) in [5.74, 6) is -0.0526. The third-order valence-corrected chi connectivity index (χ3v) is 6.04. The third-order valence-electron chi connectivity index (χ3n) is 6.04. The predicted molar refractivity (Wildman–Crippen MR) is 86.9 cm³/mol. The number of carbonyl (C=O) groups excluding carboxylic acids is 1. The number of hydrogen-bond acceptors (Lipinski definition) is 5. The number of aromatic nitrogens is 2. The van der Waals surface area contributed by atoms with Gasteiger partial charge in [0.1, 0.15) is 11.7 Å². The number of ketones is 1. The average Bonchev–Trinajstić information content (AvgIpc) is 3.13. The van der Waals surface area contributed by atoms with Crippen LogP contribution in [0.4, 0.5) is 0 Å². The smallest absolute Gasteiger partial charge is 0.208 e. The van der Waals surface area contributed by atoms with Gasteiger partial charge in [-0.2, -0.15) is 5.10 Å². The monoisotopic (exact) mass is 316 g/mol. The number of rotatable bonds is 2. The molecule has 1 aromatic heterocycles. The van der Waals surface area contributed by atoms with E-state index in [2.05, 4.69) is 15.4 Å². The van der Waals surface area contributed by atoms with E-state index in [4.69, 9.17) is 0 Å². The second kappa shape index (κ2) is 5.24. The summed E-state index contributed by atoms with van der Waals surface area (Å²) in [4.78, 5) is 17.2. The normalized spacial score (nSPS) is 32.4. The fraction of sp³-hybridized carbons (Fsp3) is 0.706. The van der Waals surface area contributed by atoms with Crippen molar-refractivity contribution in [2.45, 2.75) is 50.2 Å². The van der Waals surface area contributed by atoms with Gasteiger partial charge in [0, 0.05) is 43.4 Å². The van der Waals surface area contributed by atoms with Crippen LogP contribution in [0.5, 0.6) is 0 Å². The molecule has 2 unspecified atom stereocenters. The zero-order valence-electron chi connectivity index (χ0n) is 13.6. The quantitative estimate of drug-likeness (QED) is 0.856. The number of piperidine rings is 1. The summed E-state index contributed by atoms with van der Waals surface area (Å²) < 4.78 is 1.65. The molecule has 3 aliphatic rings. The molecule has 0 aromatic carbocycles. The highest BCUT2D eigenvalue weighted by Crippen LogP contribution is 2.51. The van der Waals surface area contributed by atoms with E-state index in [-0.39, 0.29) is 11.2 Å². The van der Waals surface area contributed by atoms with Crippen LogP contribution in [0.2, 0.25) is 0 Å². The van der Waals surface area contributed by atoms with Gasteiger partial charge in [0.15, 0.2) is 0 Å². The van der Waals surface area contributed by atoms with Crippen LogP contribution < -0.4 is 5.32 Å². The number of aliphatic imine (C=N–C) groups is 1. The minimum atomic E-state index is -0.807. The molecular formula is C17H24N4O2. The topological polar surface area (TPSA) is 79.5 Å². The largest absolute Gasteiger partial charge is 0.389 e. The summed E-state index contributed by atoms with van der Waals surface area (Å²) in [6, 6.07) is -0.502. The van der Waals surface area contributed by atoms with E-state index >= 15 is 0 Å². The Morgan fingerprint density at radius 2 is 2.17 bits per heavy atom. The lowest BCUT2D eigenvalue weighted by atomic mass is 9.64. The minimum Gasteiger partial charge on any atom is -0.389 e. The molecule has 124 valence electrons. The van der Waals surface area contributed by atoms with Crippen LogP contribution in [0, 0.1) is 5.41 Å². The molecule has 6 nitrogen and oxygen atoms in total. The molecule has 2 atom stereocenters. The summed E-state index contributed by atoms with van der Waals surface area (Å²) in [6.45, 7) is 1.65. The highest BCUT2D eigenvalue weighted by molar-refractivity contribution is 6.08. The van der Waals surface area contributed by atoms with Crippen LogP contribution in [-0.2, 0) is 7.05 Å². The molecule has 6 heteroatoms. The van der Waals surface area contributed by atoms with Crippen molar-refractivity contribution in [3.05, 3.63) is 17.5 Å². The number of hydrogen-bond donors (Lipinski definition) is 2. The van der Waals surface area contributed by atoms with Crippen molar-refractivity contribution in [3.8, 4) is 0 Å². The maximum absolute atomic E-state index is 12.7. The zero-order chi connectivity index (χ0) is 16.1. The van der Waals surface area contributed by atoms with Crippen LogP contribution in [-0.4, -0.2) is 51.6 Å². The van der Waals surface area contributed by atoms with Crippen molar-refractivity contribution in [1.29, 1.82) is 0 Å². The zero-order valence-corrected chi connectivity index (χ0v) is 13.6. The van der Waals surface area contributed by atoms with Crippen molar-refractivity contribution in [1.82, 2.24) is 15.1 Å². The first-order valence-corrected chi connectivity index (χ1v) is 8.57. The summed E-state index contributed by atoms with van der Waals surface area (Å²) in [7, 11) is 1.81.